The maximum absolute atomic E-state index is 11.3. The van der Waals surface area contributed by atoms with Gasteiger partial charge in [0.25, 0.3) is 5.69 Å². The molecule has 0 aliphatic rings. The molecule has 0 spiro atoms. The van der Waals surface area contributed by atoms with Gasteiger partial charge in [-0.2, -0.15) is 0 Å². The van der Waals surface area contributed by atoms with Gasteiger partial charge in [-0.05, 0) is 6.07 Å². The van der Waals surface area contributed by atoms with Crippen molar-refractivity contribution in [2.24, 2.45) is 0 Å². The van der Waals surface area contributed by atoms with Crippen molar-refractivity contribution in [1.82, 2.24) is 9.55 Å². The van der Waals surface area contributed by atoms with Crippen molar-refractivity contribution in [3.8, 4) is 5.88 Å². The minimum absolute atomic E-state index is 0.0755. The Bertz CT molecular complexity index is 634. The van der Waals surface area contributed by atoms with Gasteiger partial charge in [-0.15, -0.1) is 0 Å². The molecule has 8 nitrogen and oxygen atoms in total. The van der Waals surface area contributed by atoms with Crippen LogP contribution in [0, 0.1) is 10.1 Å². The van der Waals surface area contributed by atoms with Crippen LogP contribution in [-0.4, -0.2) is 26.1 Å². The fraction of sp³-hybridized carbons (Fsp3) is 0.200. The van der Waals surface area contributed by atoms with Crippen molar-refractivity contribution in [2.45, 2.75) is 6.54 Å². The molecule has 0 atom stereocenters. The van der Waals surface area contributed by atoms with Gasteiger partial charge in [0, 0.05) is 19.2 Å². The molecule has 0 unspecified atom stereocenters. The van der Waals surface area contributed by atoms with E-state index in [1.165, 1.54) is 22.1 Å². The molecule has 0 radical (unpaired) electrons. The van der Waals surface area contributed by atoms with Crippen LogP contribution < -0.4 is 10.2 Å². The minimum atomic E-state index is -0.528. The zero-order chi connectivity index (χ0) is 13.8. The number of thiazole rings is 1. The average molecular weight is 282 g/mol. The van der Waals surface area contributed by atoms with Gasteiger partial charge in [0.15, 0.2) is 0 Å². The summed E-state index contributed by atoms with van der Waals surface area (Å²) in [5, 5.41) is 24.1. The van der Waals surface area contributed by atoms with Gasteiger partial charge in [-0.1, -0.05) is 11.3 Å². The Hall–Kier alpha value is -2.42. The molecule has 100 valence electrons. The molecule has 0 bridgehead atoms. The van der Waals surface area contributed by atoms with Gasteiger partial charge in [0.2, 0.25) is 5.88 Å². The number of rotatable bonds is 5. The third-order valence-corrected chi connectivity index (χ3v) is 3.11. The van der Waals surface area contributed by atoms with Crippen molar-refractivity contribution in [3.05, 3.63) is 43.5 Å². The second-order valence-electron chi connectivity index (χ2n) is 3.60. The van der Waals surface area contributed by atoms with Gasteiger partial charge in [-0.25, -0.2) is 4.98 Å². The Labute approximate surface area is 111 Å². The molecular formula is C10H10N4O4S. The van der Waals surface area contributed by atoms with E-state index < -0.39 is 4.92 Å². The largest absolute Gasteiger partial charge is 0.494 e. The first kappa shape index (κ1) is 13.0. The van der Waals surface area contributed by atoms with Gasteiger partial charge < -0.3 is 10.4 Å². The first-order valence-electron chi connectivity index (χ1n) is 5.29. The molecule has 0 aliphatic heterocycles. The number of aromatic hydroxyl groups is 1. The van der Waals surface area contributed by atoms with E-state index in [-0.39, 0.29) is 23.0 Å². The first-order chi connectivity index (χ1) is 9.08. The van der Waals surface area contributed by atoms with Crippen LogP contribution >= 0.6 is 11.3 Å². The minimum Gasteiger partial charge on any atom is -0.494 e. The number of hydrogen-bond donors (Lipinski definition) is 2. The molecule has 0 saturated carbocycles. The summed E-state index contributed by atoms with van der Waals surface area (Å²) in [6.07, 6.45) is 1.15. The summed E-state index contributed by atoms with van der Waals surface area (Å²) < 4.78 is 1.23. The van der Waals surface area contributed by atoms with E-state index in [1.807, 2.05) is 0 Å². The van der Waals surface area contributed by atoms with Crippen molar-refractivity contribution in [2.75, 3.05) is 11.9 Å². The van der Waals surface area contributed by atoms with Crippen LogP contribution in [0.15, 0.2) is 28.5 Å². The number of hydrogen-bond acceptors (Lipinski definition) is 7. The lowest BCUT2D eigenvalue weighted by Gasteiger charge is -2.06. The first-order valence-corrected chi connectivity index (χ1v) is 6.17. The molecule has 2 heterocycles. The topological polar surface area (TPSA) is 110 Å². The Morgan fingerprint density at radius 2 is 2.32 bits per heavy atom. The molecule has 2 N–H and O–H groups in total. The van der Waals surface area contributed by atoms with E-state index in [0.717, 1.165) is 17.5 Å². The molecule has 2 aromatic rings. The number of nitrogens with one attached hydrogen (secondary N) is 1. The fourth-order valence-corrected chi connectivity index (χ4v) is 2.07. The Morgan fingerprint density at radius 1 is 1.53 bits per heavy atom. The van der Waals surface area contributed by atoms with E-state index in [0.29, 0.717) is 12.4 Å². The summed E-state index contributed by atoms with van der Waals surface area (Å²) in [4.78, 5) is 24.8. The Morgan fingerprint density at radius 3 is 2.84 bits per heavy atom. The Balaban J connectivity index is 1.93. The van der Waals surface area contributed by atoms with Crippen molar-refractivity contribution in [1.29, 1.82) is 0 Å². The smallest absolute Gasteiger partial charge is 0.310 e. The molecule has 2 rings (SSSR count). The highest BCUT2D eigenvalue weighted by molar-refractivity contribution is 7.07. The summed E-state index contributed by atoms with van der Waals surface area (Å²) in [6, 6.07) is 2.82. The third-order valence-electron chi connectivity index (χ3n) is 2.36. The highest BCUT2D eigenvalue weighted by atomic mass is 32.1. The number of aromatic nitrogens is 2. The van der Waals surface area contributed by atoms with Crippen molar-refractivity contribution >= 4 is 22.8 Å². The normalized spacial score (nSPS) is 10.3. The summed E-state index contributed by atoms with van der Waals surface area (Å²) in [5.74, 6) is 0.391. The third kappa shape index (κ3) is 3.07. The molecule has 19 heavy (non-hydrogen) atoms. The lowest BCUT2D eigenvalue weighted by molar-refractivity contribution is -0.385. The van der Waals surface area contributed by atoms with E-state index >= 15 is 0 Å². The molecule has 0 saturated heterocycles. The van der Waals surface area contributed by atoms with E-state index in [4.69, 9.17) is 0 Å². The SMILES string of the molecule is O=c1scc(O)n1CCNc1ccc([N+](=O)[O-])cn1. The quantitative estimate of drug-likeness (QED) is 0.626. The molecule has 0 aromatic carbocycles. The molecule has 2 aromatic heterocycles. The van der Waals surface area contributed by atoms with Crippen LogP contribution in [0.3, 0.4) is 0 Å². The average Bonchev–Trinajstić information content (AvgIpc) is 2.71. The van der Waals surface area contributed by atoms with Crippen LogP contribution in [0.25, 0.3) is 0 Å². The molecule has 0 fully saturated rings. The van der Waals surface area contributed by atoms with Crippen molar-refractivity contribution < 1.29 is 10.0 Å². The van der Waals surface area contributed by atoms with Crippen LogP contribution in [0.1, 0.15) is 0 Å². The monoisotopic (exact) mass is 282 g/mol. The second-order valence-corrected chi connectivity index (χ2v) is 4.42. The lowest BCUT2D eigenvalue weighted by Crippen LogP contribution is -2.18. The number of nitrogens with zero attached hydrogens (tertiary/aromatic N) is 3. The predicted molar refractivity (Wildman–Crippen MR) is 69.6 cm³/mol. The predicted octanol–water partition coefficient (Wildman–Crippen LogP) is 1.03. The molecule has 0 aliphatic carbocycles. The van der Waals surface area contributed by atoms with Crippen LogP contribution in [0.4, 0.5) is 11.5 Å². The number of nitro groups is 1. The molecular weight excluding hydrogens is 272 g/mol. The van der Waals surface area contributed by atoms with E-state index in [1.54, 1.807) is 0 Å². The van der Waals surface area contributed by atoms with Gasteiger partial charge in [0.05, 0.1) is 10.3 Å². The maximum atomic E-state index is 11.3. The van der Waals surface area contributed by atoms with Crippen LogP contribution in [0.5, 0.6) is 5.88 Å². The van der Waals surface area contributed by atoms with Gasteiger partial charge in [0.1, 0.15) is 12.0 Å². The zero-order valence-electron chi connectivity index (χ0n) is 9.65. The van der Waals surface area contributed by atoms with Gasteiger partial charge in [-0.3, -0.25) is 19.5 Å². The van der Waals surface area contributed by atoms with Crippen LogP contribution in [-0.2, 0) is 6.54 Å². The molecule has 0 amide bonds. The highest BCUT2D eigenvalue weighted by Gasteiger charge is 2.06. The maximum Gasteiger partial charge on any atom is 0.310 e. The Kier molecular flexibility index (Phi) is 3.76. The number of anilines is 1. The number of pyridine rings is 1. The summed E-state index contributed by atoms with van der Waals surface area (Å²) in [6.45, 7) is 0.655. The molecule has 9 heteroatoms. The summed E-state index contributed by atoms with van der Waals surface area (Å²) >= 11 is 0.921. The summed E-state index contributed by atoms with van der Waals surface area (Å²) in [5.41, 5.74) is -0.0859. The van der Waals surface area contributed by atoms with E-state index in [2.05, 4.69) is 10.3 Å². The fourth-order valence-electron chi connectivity index (χ4n) is 1.42. The highest BCUT2D eigenvalue weighted by Crippen LogP contribution is 2.12. The van der Waals surface area contributed by atoms with Crippen LogP contribution in [0.2, 0.25) is 0 Å². The van der Waals surface area contributed by atoms with Gasteiger partial charge >= 0.3 is 4.87 Å². The second kappa shape index (κ2) is 5.48. The zero-order valence-corrected chi connectivity index (χ0v) is 10.5. The standard InChI is InChI=1S/C10H10N4O4S/c15-9-6-19-10(16)13(9)4-3-11-8-2-1-7(5-12-8)14(17)18/h1-2,5-6,15H,3-4H2,(H,11,12). The van der Waals surface area contributed by atoms with Crippen molar-refractivity contribution in [3.63, 3.8) is 0 Å². The van der Waals surface area contributed by atoms with E-state index in [9.17, 15) is 20.0 Å². The lowest BCUT2D eigenvalue weighted by atomic mass is 10.4. The summed E-state index contributed by atoms with van der Waals surface area (Å²) in [7, 11) is 0.